The highest BCUT2D eigenvalue weighted by atomic mass is 32.2. The van der Waals surface area contributed by atoms with Gasteiger partial charge in [0.1, 0.15) is 4.90 Å². The van der Waals surface area contributed by atoms with Crippen LogP contribution >= 0.6 is 0 Å². The molecule has 0 fully saturated rings. The van der Waals surface area contributed by atoms with Gasteiger partial charge in [-0.3, -0.25) is 9.71 Å². The van der Waals surface area contributed by atoms with Crippen LogP contribution in [0.4, 0.5) is 5.69 Å². The molecular weight excluding hydrogens is 290 g/mol. The number of rotatable bonds is 6. The Morgan fingerprint density at radius 1 is 1.24 bits per heavy atom. The van der Waals surface area contributed by atoms with E-state index in [9.17, 15) is 8.42 Å². The summed E-state index contributed by atoms with van der Waals surface area (Å²) in [5.74, 6) is 0. The van der Waals surface area contributed by atoms with Crippen molar-refractivity contribution in [3.05, 3.63) is 53.9 Å². The van der Waals surface area contributed by atoms with E-state index in [0.29, 0.717) is 18.0 Å². The summed E-state index contributed by atoms with van der Waals surface area (Å²) in [5.41, 5.74) is 7.32. The third-order valence-electron chi connectivity index (χ3n) is 2.88. The van der Waals surface area contributed by atoms with Crippen LogP contribution in [0, 0.1) is 0 Å². The molecule has 0 atom stereocenters. The Bertz CT molecular complexity index is 700. The van der Waals surface area contributed by atoms with E-state index in [-0.39, 0.29) is 11.4 Å². The normalized spacial score (nSPS) is 11.3. The number of aromatic nitrogens is 1. The van der Waals surface area contributed by atoms with Crippen LogP contribution in [-0.2, 0) is 27.9 Å². The molecule has 0 aliphatic heterocycles. The summed E-state index contributed by atoms with van der Waals surface area (Å²) in [6, 6.07) is 10.1. The summed E-state index contributed by atoms with van der Waals surface area (Å²) in [7, 11) is -2.13. The minimum atomic E-state index is -3.69. The fourth-order valence-electron chi connectivity index (χ4n) is 1.80. The van der Waals surface area contributed by atoms with Crippen LogP contribution in [-0.4, -0.2) is 20.5 Å². The van der Waals surface area contributed by atoms with Crippen molar-refractivity contribution in [3.63, 3.8) is 0 Å². The van der Waals surface area contributed by atoms with Crippen LogP contribution in [0.5, 0.6) is 0 Å². The first kappa shape index (κ1) is 15.4. The molecule has 0 spiro atoms. The van der Waals surface area contributed by atoms with E-state index in [0.717, 1.165) is 5.56 Å². The lowest BCUT2D eigenvalue weighted by Gasteiger charge is -2.12. The van der Waals surface area contributed by atoms with Gasteiger partial charge in [-0.25, -0.2) is 8.42 Å². The first-order valence-electron chi connectivity index (χ1n) is 6.31. The zero-order valence-electron chi connectivity index (χ0n) is 11.6. The lowest BCUT2D eigenvalue weighted by atomic mass is 10.2. The van der Waals surface area contributed by atoms with Gasteiger partial charge >= 0.3 is 0 Å². The number of para-hydroxylation sites is 1. The van der Waals surface area contributed by atoms with Gasteiger partial charge in [0.05, 0.1) is 18.0 Å². The van der Waals surface area contributed by atoms with Gasteiger partial charge in [0.25, 0.3) is 10.0 Å². The Morgan fingerprint density at radius 3 is 2.62 bits per heavy atom. The van der Waals surface area contributed by atoms with Crippen molar-refractivity contribution in [2.75, 3.05) is 11.8 Å². The molecule has 6 nitrogen and oxygen atoms in total. The Labute approximate surface area is 124 Å². The summed E-state index contributed by atoms with van der Waals surface area (Å²) in [6.45, 7) is 0.591. The Morgan fingerprint density at radius 2 is 2.00 bits per heavy atom. The third kappa shape index (κ3) is 3.78. The number of hydrogen-bond donors (Lipinski definition) is 2. The molecule has 1 aromatic heterocycles. The van der Waals surface area contributed by atoms with Gasteiger partial charge in [-0.15, -0.1) is 0 Å². The summed E-state index contributed by atoms with van der Waals surface area (Å²) < 4.78 is 32.3. The molecular formula is C14H17N3O3S. The number of anilines is 1. The van der Waals surface area contributed by atoms with E-state index in [2.05, 4.69) is 9.71 Å². The molecule has 0 saturated heterocycles. The van der Waals surface area contributed by atoms with Crippen molar-refractivity contribution in [2.45, 2.75) is 18.0 Å². The maximum Gasteiger partial charge on any atom is 0.263 e. The highest BCUT2D eigenvalue weighted by Crippen LogP contribution is 2.20. The number of pyridine rings is 1. The average molecular weight is 307 g/mol. The lowest BCUT2D eigenvalue weighted by Crippen LogP contribution is -2.15. The number of ether oxygens (including phenoxy) is 1. The van der Waals surface area contributed by atoms with E-state index >= 15 is 0 Å². The predicted molar refractivity (Wildman–Crippen MR) is 80.1 cm³/mol. The summed E-state index contributed by atoms with van der Waals surface area (Å²) >= 11 is 0. The Kier molecular flexibility index (Phi) is 4.89. The standard InChI is InChI=1S/C14H17N3O3S/c1-20-10-11-4-2-3-5-14(11)17-21(18,19)13-7-6-12(8-15)16-9-13/h2-7,9,17H,8,10,15H2,1H3. The highest BCUT2D eigenvalue weighted by Gasteiger charge is 2.16. The van der Waals surface area contributed by atoms with Gasteiger partial charge in [-0.05, 0) is 18.2 Å². The topological polar surface area (TPSA) is 94.3 Å². The van der Waals surface area contributed by atoms with Gasteiger partial charge in [-0.1, -0.05) is 18.2 Å². The van der Waals surface area contributed by atoms with Gasteiger partial charge < -0.3 is 10.5 Å². The SMILES string of the molecule is COCc1ccccc1NS(=O)(=O)c1ccc(CN)nc1. The maximum atomic E-state index is 12.3. The van der Waals surface area contributed by atoms with Crippen molar-refractivity contribution in [1.82, 2.24) is 4.98 Å². The number of nitrogens with zero attached hydrogens (tertiary/aromatic N) is 1. The largest absolute Gasteiger partial charge is 0.380 e. The van der Waals surface area contributed by atoms with Gasteiger partial charge in [0, 0.05) is 25.4 Å². The van der Waals surface area contributed by atoms with Crippen LogP contribution in [0.2, 0.25) is 0 Å². The molecule has 112 valence electrons. The molecule has 7 heteroatoms. The smallest absolute Gasteiger partial charge is 0.263 e. The number of hydrogen-bond acceptors (Lipinski definition) is 5. The molecule has 0 amide bonds. The predicted octanol–water partition coefficient (Wildman–Crippen LogP) is 1.49. The Balaban J connectivity index is 2.28. The molecule has 0 radical (unpaired) electrons. The minimum absolute atomic E-state index is 0.0897. The molecule has 2 aromatic rings. The van der Waals surface area contributed by atoms with Crippen molar-refractivity contribution >= 4 is 15.7 Å². The summed E-state index contributed by atoms with van der Waals surface area (Å²) in [4.78, 5) is 4.08. The monoisotopic (exact) mass is 307 g/mol. The molecule has 0 aliphatic rings. The average Bonchev–Trinajstić information content (AvgIpc) is 2.49. The van der Waals surface area contributed by atoms with Crippen LogP contribution in [0.3, 0.4) is 0 Å². The van der Waals surface area contributed by atoms with Gasteiger partial charge in [0.2, 0.25) is 0 Å². The van der Waals surface area contributed by atoms with Crippen LogP contribution in [0.15, 0.2) is 47.5 Å². The fraction of sp³-hybridized carbons (Fsp3) is 0.214. The van der Waals surface area contributed by atoms with E-state index in [1.165, 1.54) is 12.3 Å². The molecule has 0 saturated carbocycles. The zero-order chi connectivity index (χ0) is 15.3. The van der Waals surface area contributed by atoms with E-state index in [1.807, 2.05) is 6.07 Å². The molecule has 1 heterocycles. The third-order valence-corrected chi connectivity index (χ3v) is 4.23. The van der Waals surface area contributed by atoms with Crippen molar-refractivity contribution in [2.24, 2.45) is 5.73 Å². The van der Waals surface area contributed by atoms with Crippen LogP contribution in [0.25, 0.3) is 0 Å². The molecule has 0 unspecified atom stereocenters. The maximum absolute atomic E-state index is 12.3. The Hall–Kier alpha value is -1.96. The second-order valence-electron chi connectivity index (χ2n) is 4.39. The van der Waals surface area contributed by atoms with E-state index in [4.69, 9.17) is 10.5 Å². The van der Waals surface area contributed by atoms with E-state index < -0.39 is 10.0 Å². The quantitative estimate of drug-likeness (QED) is 0.843. The molecule has 2 rings (SSSR count). The number of methoxy groups -OCH3 is 1. The van der Waals surface area contributed by atoms with Crippen molar-refractivity contribution in [1.29, 1.82) is 0 Å². The molecule has 21 heavy (non-hydrogen) atoms. The van der Waals surface area contributed by atoms with Crippen molar-refractivity contribution < 1.29 is 13.2 Å². The number of sulfonamides is 1. The van der Waals surface area contributed by atoms with Gasteiger partial charge in [-0.2, -0.15) is 0 Å². The molecule has 0 aliphatic carbocycles. The summed E-state index contributed by atoms with van der Waals surface area (Å²) in [6.07, 6.45) is 1.30. The number of benzene rings is 1. The molecule has 0 bridgehead atoms. The first-order valence-corrected chi connectivity index (χ1v) is 7.80. The second kappa shape index (κ2) is 6.66. The van der Waals surface area contributed by atoms with Gasteiger partial charge in [0.15, 0.2) is 0 Å². The molecule has 3 N–H and O–H groups in total. The van der Waals surface area contributed by atoms with Crippen LogP contribution in [0.1, 0.15) is 11.3 Å². The minimum Gasteiger partial charge on any atom is -0.380 e. The molecule has 1 aromatic carbocycles. The number of nitrogens with two attached hydrogens (primary N) is 1. The second-order valence-corrected chi connectivity index (χ2v) is 6.07. The summed E-state index contributed by atoms with van der Waals surface area (Å²) in [5, 5.41) is 0. The number of nitrogens with one attached hydrogen (secondary N) is 1. The lowest BCUT2D eigenvalue weighted by molar-refractivity contribution is 0.185. The van der Waals surface area contributed by atoms with E-state index in [1.54, 1.807) is 31.4 Å². The fourth-order valence-corrected chi connectivity index (χ4v) is 2.84. The highest BCUT2D eigenvalue weighted by molar-refractivity contribution is 7.92. The zero-order valence-corrected chi connectivity index (χ0v) is 12.4. The first-order chi connectivity index (χ1) is 10.1. The van der Waals surface area contributed by atoms with Crippen molar-refractivity contribution in [3.8, 4) is 0 Å². The van der Waals surface area contributed by atoms with Crippen LogP contribution < -0.4 is 10.5 Å².